The number of Topliss-reactive ketones (excluding diaryl/α,β-unsaturated/α-hetero) is 1. The van der Waals surface area contributed by atoms with E-state index in [4.69, 9.17) is 9.47 Å². The van der Waals surface area contributed by atoms with E-state index in [0.29, 0.717) is 24.2 Å². The number of aryl methyl sites for hydroxylation is 2. The highest BCUT2D eigenvalue weighted by atomic mass is 16.5. The van der Waals surface area contributed by atoms with Gasteiger partial charge < -0.3 is 24.6 Å². The first-order valence-corrected chi connectivity index (χ1v) is 11.2. The van der Waals surface area contributed by atoms with Crippen molar-refractivity contribution in [2.75, 3.05) is 27.4 Å². The monoisotopic (exact) mass is 451 g/mol. The number of phenols is 1. The van der Waals surface area contributed by atoms with Gasteiger partial charge in [0.1, 0.15) is 5.76 Å². The fourth-order valence-electron chi connectivity index (χ4n) is 4.75. The van der Waals surface area contributed by atoms with Crippen molar-refractivity contribution in [2.45, 2.75) is 38.1 Å². The minimum atomic E-state index is -0.824. The third kappa shape index (κ3) is 4.33. The highest BCUT2D eigenvalue weighted by molar-refractivity contribution is 6.46. The maximum atomic E-state index is 13.1. The standard InChI is InChI=1S/C26H29NO6/c1-32-13-5-12-27-23(18-10-11-21(33-2)20(28)15-18)22(25(30)26(27)31)24(29)19-9-8-16-6-3-4-7-17(16)14-19/h8-11,14-15,23,28-29H,3-7,12-13H2,1-2H3/b24-22-. The van der Waals surface area contributed by atoms with Gasteiger partial charge in [0.25, 0.3) is 11.7 Å². The zero-order valence-electron chi connectivity index (χ0n) is 19.0. The minimum Gasteiger partial charge on any atom is -0.507 e. The van der Waals surface area contributed by atoms with Crippen LogP contribution in [0.3, 0.4) is 0 Å². The molecule has 7 heteroatoms. The van der Waals surface area contributed by atoms with Crippen molar-refractivity contribution in [2.24, 2.45) is 0 Å². The van der Waals surface area contributed by atoms with Crippen LogP contribution in [-0.2, 0) is 27.2 Å². The van der Waals surface area contributed by atoms with Crippen molar-refractivity contribution in [1.82, 2.24) is 4.90 Å². The number of ketones is 1. The van der Waals surface area contributed by atoms with Crippen LogP contribution in [-0.4, -0.2) is 54.2 Å². The largest absolute Gasteiger partial charge is 0.507 e. The molecule has 2 aliphatic rings. The number of methoxy groups -OCH3 is 2. The van der Waals surface area contributed by atoms with Crippen molar-refractivity contribution < 1.29 is 29.3 Å². The van der Waals surface area contributed by atoms with Gasteiger partial charge in [0.15, 0.2) is 11.5 Å². The number of amides is 1. The fourth-order valence-corrected chi connectivity index (χ4v) is 4.75. The quantitative estimate of drug-likeness (QED) is 0.288. The maximum absolute atomic E-state index is 13.1. The molecule has 7 nitrogen and oxygen atoms in total. The Balaban J connectivity index is 1.82. The number of ether oxygens (including phenoxy) is 2. The number of hydrogen-bond acceptors (Lipinski definition) is 6. The highest BCUT2D eigenvalue weighted by Gasteiger charge is 2.46. The normalized spacial score (nSPS) is 19.6. The zero-order chi connectivity index (χ0) is 23.5. The summed E-state index contributed by atoms with van der Waals surface area (Å²) >= 11 is 0. The molecule has 1 amide bonds. The highest BCUT2D eigenvalue weighted by Crippen LogP contribution is 2.42. The molecule has 0 radical (unpaired) electrons. The number of likely N-dealkylation sites (tertiary alicyclic amines) is 1. The minimum absolute atomic E-state index is 0.0257. The smallest absolute Gasteiger partial charge is 0.295 e. The first-order chi connectivity index (χ1) is 16.0. The summed E-state index contributed by atoms with van der Waals surface area (Å²) < 4.78 is 10.2. The van der Waals surface area contributed by atoms with Gasteiger partial charge in [0.2, 0.25) is 0 Å². The second kappa shape index (κ2) is 9.67. The van der Waals surface area contributed by atoms with Gasteiger partial charge in [-0.1, -0.05) is 18.2 Å². The third-order valence-corrected chi connectivity index (χ3v) is 6.43. The van der Waals surface area contributed by atoms with Crippen molar-refractivity contribution >= 4 is 17.4 Å². The summed E-state index contributed by atoms with van der Waals surface area (Å²) in [6, 6.07) is 9.64. The van der Waals surface area contributed by atoms with E-state index in [1.165, 1.54) is 29.2 Å². The van der Waals surface area contributed by atoms with Crippen LogP contribution in [0.1, 0.15) is 47.6 Å². The third-order valence-electron chi connectivity index (χ3n) is 6.43. The fraction of sp³-hybridized carbons (Fsp3) is 0.385. The lowest BCUT2D eigenvalue weighted by Gasteiger charge is -2.25. The number of hydrogen-bond donors (Lipinski definition) is 2. The van der Waals surface area contributed by atoms with Crippen LogP contribution in [0.5, 0.6) is 11.5 Å². The Morgan fingerprint density at radius 2 is 1.82 bits per heavy atom. The van der Waals surface area contributed by atoms with E-state index in [1.807, 2.05) is 12.1 Å². The van der Waals surface area contributed by atoms with Crippen molar-refractivity contribution in [3.8, 4) is 11.5 Å². The van der Waals surface area contributed by atoms with E-state index in [1.54, 1.807) is 25.3 Å². The van der Waals surface area contributed by atoms with Gasteiger partial charge >= 0.3 is 0 Å². The Morgan fingerprint density at radius 3 is 2.52 bits per heavy atom. The SMILES string of the molecule is COCCCN1C(=O)C(=O)/C(=C(\O)c2ccc3c(c2)CCCC3)C1c1ccc(OC)c(O)c1. The molecule has 1 atom stereocenters. The van der Waals surface area contributed by atoms with Gasteiger partial charge in [0.05, 0.1) is 18.7 Å². The number of aromatic hydroxyl groups is 1. The molecule has 1 saturated heterocycles. The number of aliphatic hydroxyl groups excluding tert-OH is 1. The van der Waals surface area contributed by atoms with E-state index < -0.39 is 17.7 Å². The number of aliphatic hydroxyl groups is 1. The molecule has 0 aromatic heterocycles. The average Bonchev–Trinajstić information content (AvgIpc) is 3.08. The predicted octanol–water partition coefficient (Wildman–Crippen LogP) is 3.74. The molecule has 0 bridgehead atoms. The van der Waals surface area contributed by atoms with Gasteiger partial charge in [0, 0.05) is 25.8 Å². The van der Waals surface area contributed by atoms with Crippen LogP contribution in [0.2, 0.25) is 0 Å². The topological polar surface area (TPSA) is 96.3 Å². The number of nitrogens with zero attached hydrogens (tertiary/aromatic N) is 1. The lowest BCUT2D eigenvalue weighted by atomic mass is 9.88. The van der Waals surface area contributed by atoms with Crippen LogP contribution >= 0.6 is 0 Å². The number of benzene rings is 2. The van der Waals surface area contributed by atoms with Crippen molar-refractivity contribution in [1.29, 1.82) is 0 Å². The van der Waals surface area contributed by atoms with Crippen LogP contribution in [0.4, 0.5) is 0 Å². The summed E-state index contributed by atoms with van der Waals surface area (Å²) in [6.45, 7) is 0.700. The molecule has 1 unspecified atom stereocenters. The summed E-state index contributed by atoms with van der Waals surface area (Å²) in [7, 11) is 3.02. The second-order valence-corrected chi connectivity index (χ2v) is 8.46. The second-order valence-electron chi connectivity index (χ2n) is 8.46. The summed E-state index contributed by atoms with van der Waals surface area (Å²) in [5, 5.41) is 21.6. The molecule has 1 heterocycles. The van der Waals surface area contributed by atoms with E-state index in [-0.39, 0.29) is 29.4 Å². The first kappa shape index (κ1) is 22.9. The van der Waals surface area contributed by atoms with E-state index in [2.05, 4.69) is 0 Å². The molecule has 2 N–H and O–H groups in total. The molecule has 1 aliphatic carbocycles. The Kier molecular flexibility index (Phi) is 6.70. The van der Waals surface area contributed by atoms with Gasteiger partial charge in [-0.3, -0.25) is 9.59 Å². The molecular formula is C26H29NO6. The molecule has 33 heavy (non-hydrogen) atoms. The Hall–Kier alpha value is -3.32. The van der Waals surface area contributed by atoms with Crippen molar-refractivity contribution in [3.63, 3.8) is 0 Å². The number of rotatable bonds is 7. The first-order valence-electron chi connectivity index (χ1n) is 11.2. The van der Waals surface area contributed by atoms with Gasteiger partial charge in [-0.2, -0.15) is 0 Å². The van der Waals surface area contributed by atoms with E-state index in [0.717, 1.165) is 25.7 Å². The van der Waals surface area contributed by atoms with E-state index >= 15 is 0 Å². The van der Waals surface area contributed by atoms with Crippen molar-refractivity contribution in [3.05, 3.63) is 64.2 Å². The van der Waals surface area contributed by atoms with Crippen LogP contribution in [0.25, 0.3) is 5.76 Å². The molecule has 2 aromatic carbocycles. The van der Waals surface area contributed by atoms with E-state index in [9.17, 15) is 19.8 Å². The van der Waals surface area contributed by atoms with Crippen LogP contribution in [0.15, 0.2) is 42.0 Å². The number of carbonyl (C=O) groups is 2. The lowest BCUT2D eigenvalue weighted by Crippen LogP contribution is -2.31. The Labute approximate surface area is 193 Å². The molecule has 1 fully saturated rings. The molecular weight excluding hydrogens is 422 g/mol. The lowest BCUT2D eigenvalue weighted by molar-refractivity contribution is -0.140. The maximum Gasteiger partial charge on any atom is 0.295 e. The van der Waals surface area contributed by atoms with Crippen LogP contribution in [0, 0.1) is 0 Å². The number of carbonyl (C=O) groups excluding carboxylic acids is 2. The number of phenolic OH excluding ortho intramolecular Hbond substituents is 1. The molecule has 1 aliphatic heterocycles. The summed E-state index contributed by atoms with van der Waals surface area (Å²) in [5.41, 5.74) is 3.49. The summed E-state index contributed by atoms with van der Waals surface area (Å²) in [4.78, 5) is 27.5. The molecule has 0 saturated carbocycles. The predicted molar refractivity (Wildman–Crippen MR) is 123 cm³/mol. The molecule has 4 rings (SSSR count). The summed E-state index contributed by atoms with van der Waals surface area (Å²) in [5.74, 6) is -1.43. The Bertz CT molecular complexity index is 1110. The molecule has 0 spiro atoms. The average molecular weight is 452 g/mol. The zero-order valence-corrected chi connectivity index (χ0v) is 19.0. The van der Waals surface area contributed by atoms with Gasteiger partial charge in [-0.15, -0.1) is 0 Å². The van der Waals surface area contributed by atoms with Crippen LogP contribution < -0.4 is 4.74 Å². The molecule has 174 valence electrons. The molecule has 2 aromatic rings. The Morgan fingerprint density at radius 1 is 1.06 bits per heavy atom. The van der Waals surface area contributed by atoms with Gasteiger partial charge in [-0.25, -0.2) is 0 Å². The van der Waals surface area contributed by atoms with Gasteiger partial charge in [-0.05, 0) is 67.0 Å². The number of fused-ring (bicyclic) bond motifs is 1. The summed E-state index contributed by atoms with van der Waals surface area (Å²) in [6.07, 6.45) is 4.70.